The second kappa shape index (κ2) is 13.1. The molecule has 0 aliphatic carbocycles. The summed E-state index contributed by atoms with van der Waals surface area (Å²) in [5, 5.41) is 11.0. The van der Waals surface area contributed by atoms with E-state index in [1.54, 1.807) is 38.8 Å². The molecule has 9 heteroatoms. The molecule has 7 nitrogen and oxygen atoms in total. The number of para-hydroxylation sites is 1. The van der Waals surface area contributed by atoms with Gasteiger partial charge in [0.2, 0.25) is 11.6 Å². The zero-order valence-corrected chi connectivity index (χ0v) is 21.8. The molecule has 1 aromatic carbocycles. The Hall–Kier alpha value is -2.53. The Morgan fingerprint density at radius 1 is 1.09 bits per heavy atom. The van der Waals surface area contributed by atoms with Crippen LogP contribution in [-0.4, -0.2) is 38.8 Å². The molecule has 0 radical (unpaired) electrons. The number of nitrogens with one attached hydrogen (secondary N) is 2. The minimum Gasteiger partial charge on any atom is -0.493 e. The van der Waals surface area contributed by atoms with Crippen molar-refractivity contribution in [3.05, 3.63) is 64.5 Å². The van der Waals surface area contributed by atoms with Crippen LogP contribution >= 0.6 is 35.3 Å². The van der Waals surface area contributed by atoms with E-state index in [1.165, 1.54) is 5.56 Å². The fraction of sp³-hybridized carbons (Fsp3) is 0.304. The minimum atomic E-state index is 0. The fourth-order valence-electron chi connectivity index (χ4n) is 2.93. The molecule has 0 saturated heterocycles. The van der Waals surface area contributed by atoms with Gasteiger partial charge in [-0.3, -0.25) is 4.99 Å². The van der Waals surface area contributed by atoms with Gasteiger partial charge in [0.15, 0.2) is 17.5 Å². The summed E-state index contributed by atoms with van der Waals surface area (Å²) in [7, 11) is 4.94. The quantitative estimate of drug-likeness (QED) is 0.214. The predicted molar refractivity (Wildman–Crippen MR) is 140 cm³/mol. The van der Waals surface area contributed by atoms with Gasteiger partial charge in [0.25, 0.3) is 0 Å². The summed E-state index contributed by atoms with van der Waals surface area (Å²) in [5.41, 5.74) is 2.34. The Balaban J connectivity index is 0.00000363. The minimum absolute atomic E-state index is 0. The number of aromatic nitrogens is 1. The average molecular weight is 568 g/mol. The van der Waals surface area contributed by atoms with E-state index in [0.717, 1.165) is 18.1 Å². The van der Waals surface area contributed by atoms with Gasteiger partial charge in [-0.1, -0.05) is 19.1 Å². The largest absolute Gasteiger partial charge is 0.493 e. The average Bonchev–Trinajstić information content (AvgIpc) is 3.35. The fourth-order valence-corrected chi connectivity index (χ4v) is 3.71. The van der Waals surface area contributed by atoms with E-state index < -0.39 is 0 Å². The van der Waals surface area contributed by atoms with Gasteiger partial charge in [-0.25, -0.2) is 4.98 Å². The summed E-state index contributed by atoms with van der Waals surface area (Å²) in [6.07, 6.45) is 1.77. The van der Waals surface area contributed by atoms with Crippen molar-refractivity contribution in [2.45, 2.75) is 19.4 Å². The highest BCUT2D eigenvalue weighted by Gasteiger charge is 2.13. The Morgan fingerprint density at radius 3 is 2.41 bits per heavy atom. The van der Waals surface area contributed by atoms with Crippen LogP contribution in [0.1, 0.15) is 24.0 Å². The number of ether oxygens (including phenoxy) is 3. The molecular formula is C23H29IN4O3S. The molecule has 0 bridgehead atoms. The highest BCUT2D eigenvalue weighted by atomic mass is 127. The number of hydrogen-bond acceptors (Lipinski definition) is 6. The van der Waals surface area contributed by atoms with Crippen molar-refractivity contribution in [3.8, 4) is 23.1 Å². The van der Waals surface area contributed by atoms with Gasteiger partial charge in [-0.05, 0) is 46.0 Å². The number of thiophene rings is 1. The molecule has 2 heterocycles. The van der Waals surface area contributed by atoms with Crippen LogP contribution in [0.25, 0.3) is 0 Å². The SMILES string of the molecule is CN=C(NCc1ccc(Oc2c(OC)cccc2OC)nc1)NCC(C)c1ccsc1.I. The van der Waals surface area contributed by atoms with Gasteiger partial charge < -0.3 is 24.8 Å². The summed E-state index contributed by atoms with van der Waals surface area (Å²) in [4.78, 5) is 8.70. The van der Waals surface area contributed by atoms with Gasteiger partial charge in [0.1, 0.15) is 0 Å². The van der Waals surface area contributed by atoms with Crippen LogP contribution in [-0.2, 0) is 6.54 Å². The summed E-state index contributed by atoms with van der Waals surface area (Å²) in [6, 6.07) is 11.4. The zero-order valence-electron chi connectivity index (χ0n) is 18.6. The molecule has 0 spiro atoms. The number of pyridine rings is 1. The Labute approximate surface area is 210 Å². The topological polar surface area (TPSA) is 77.0 Å². The van der Waals surface area contributed by atoms with Crippen molar-refractivity contribution in [1.82, 2.24) is 15.6 Å². The lowest BCUT2D eigenvalue weighted by Gasteiger charge is -2.16. The number of guanidine groups is 1. The molecule has 32 heavy (non-hydrogen) atoms. The van der Waals surface area contributed by atoms with E-state index in [2.05, 4.69) is 44.4 Å². The predicted octanol–water partition coefficient (Wildman–Crippen LogP) is 5.04. The first-order chi connectivity index (χ1) is 15.1. The Morgan fingerprint density at radius 2 is 1.84 bits per heavy atom. The van der Waals surface area contributed by atoms with E-state index in [1.807, 2.05) is 30.3 Å². The van der Waals surface area contributed by atoms with Crippen LogP contribution in [0, 0.1) is 0 Å². The molecule has 3 rings (SSSR count). The molecule has 3 aromatic rings. The van der Waals surface area contributed by atoms with Crippen LogP contribution < -0.4 is 24.8 Å². The highest BCUT2D eigenvalue weighted by Crippen LogP contribution is 2.39. The van der Waals surface area contributed by atoms with Crippen LogP contribution in [0.2, 0.25) is 0 Å². The summed E-state index contributed by atoms with van der Waals surface area (Å²) >= 11 is 1.72. The number of benzene rings is 1. The Bertz CT molecular complexity index is 959. The third-order valence-electron chi connectivity index (χ3n) is 4.76. The number of nitrogens with zero attached hydrogens (tertiary/aromatic N) is 2. The van der Waals surface area contributed by atoms with Crippen LogP contribution in [0.5, 0.6) is 23.1 Å². The lowest BCUT2D eigenvalue weighted by Crippen LogP contribution is -2.38. The van der Waals surface area contributed by atoms with Gasteiger partial charge in [0, 0.05) is 32.4 Å². The van der Waals surface area contributed by atoms with Crippen molar-refractivity contribution in [2.75, 3.05) is 27.8 Å². The van der Waals surface area contributed by atoms with Gasteiger partial charge in [-0.15, -0.1) is 24.0 Å². The maximum absolute atomic E-state index is 5.91. The van der Waals surface area contributed by atoms with Crippen molar-refractivity contribution >= 4 is 41.3 Å². The first kappa shape index (κ1) is 25.7. The summed E-state index contributed by atoms with van der Waals surface area (Å²) < 4.78 is 16.6. The number of methoxy groups -OCH3 is 2. The van der Waals surface area contributed by atoms with Crippen LogP contribution in [0.4, 0.5) is 0 Å². The number of hydrogen-bond donors (Lipinski definition) is 2. The second-order valence-corrected chi connectivity index (χ2v) is 7.64. The molecule has 0 saturated carbocycles. The van der Waals surface area contributed by atoms with E-state index in [0.29, 0.717) is 35.6 Å². The molecule has 2 aromatic heterocycles. The normalized spacial score (nSPS) is 11.8. The van der Waals surface area contributed by atoms with Crippen molar-refractivity contribution < 1.29 is 14.2 Å². The lowest BCUT2D eigenvalue weighted by atomic mass is 10.1. The molecule has 172 valence electrons. The molecule has 1 unspecified atom stereocenters. The lowest BCUT2D eigenvalue weighted by molar-refractivity contribution is 0.342. The van der Waals surface area contributed by atoms with E-state index in [9.17, 15) is 0 Å². The zero-order chi connectivity index (χ0) is 22.1. The molecule has 0 fully saturated rings. The molecule has 0 aliphatic heterocycles. The van der Waals surface area contributed by atoms with Crippen LogP contribution in [0.3, 0.4) is 0 Å². The maximum Gasteiger partial charge on any atom is 0.219 e. The molecular weight excluding hydrogens is 539 g/mol. The van der Waals surface area contributed by atoms with Crippen molar-refractivity contribution in [3.63, 3.8) is 0 Å². The van der Waals surface area contributed by atoms with Gasteiger partial charge in [-0.2, -0.15) is 11.3 Å². The Kier molecular flexibility index (Phi) is 10.5. The van der Waals surface area contributed by atoms with Crippen LogP contribution in [0.15, 0.2) is 58.3 Å². The second-order valence-electron chi connectivity index (χ2n) is 6.86. The van der Waals surface area contributed by atoms with Gasteiger partial charge in [0.05, 0.1) is 14.2 Å². The maximum atomic E-state index is 5.91. The number of halogens is 1. The molecule has 0 amide bonds. The number of rotatable bonds is 9. The summed E-state index contributed by atoms with van der Waals surface area (Å²) in [5.74, 6) is 3.28. The van der Waals surface area contributed by atoms with E-state index in [4.69, 9.17) is 14.2 Å². The third kappa shape index (κ3) is 6.99. The molecule has 1 atom stereocenters. The third-order valence-corrected chi connectivity index (χ3v) is 5.46. The first-order valence-electron chi connectivity index (χ1n) is 9.95. The van der Waals surface area contributed by atoms with Gasteiger partial charge >= 0.3 is 0 Å². The monoisotopic (exact) mass is 568 g/mol. The number of aliphatic imine (C=N–C) groups is 1. The smallest absolute Gasteiger partial charge is 0.219 e. The standard InChI is InChI=1S/C23H28N4O3S.HI/c1-16(18-10-11-31-15-18)12-26-23(24-2)27-14-17-8-9-21(25-13-17)30-22-19(28-3)6-5-7-20(22)29-4;/h5-11,13,15-16H,12,14H2,1-4H3,(H2,24,26,27);1H. The summed E-state index contributed by atoms with van der Waals surface area (Å²) in [6.45, 7) is 3.60. The molecule has 0 aliphatic rings. The van der Waals surface area contributed by atoms with E-state index in [-0.39, 0.29) is 24.0 Å². The van der Waals surface area contributed by atoms with Crippen molar-refractivity contribution in [1.29, 1.82) is 0 Å². The van der Waals surface area contributed by atoms with Crippen molar-refractivity contribution in [2.24, 2.45) is 4.99 Å². The van der Waals surface area contributed by atoms with E-state index >= 15 is 0 Å². The molecule has 2 N–H and O–H groups in total. The highest BCUT2D eigenvalue weighted by molar-refractivity contribution is 14.0. The first-order valence-corrected chi connectivity index (χ1v) is 10.9.